The highest BCUT2D eigenvalue weighted by Crippen LogP contribution is 2.28. The number of ketones is 2. The Morgan fingerprint density at radius 2 is 1.05 bits per heavy atom. The van der Waals surface area contributed by atoms with Gasteiger partial charge in [-0.05, 0) is 37.1 Å². The molecule has 0 heterocycles. The minimum atomic E-state index is -0.458. The number of hydrogen-bond acceptors (Lipinski definition) is 10. The average Bonchev–Trinajstić information content (AvgIpc) is 2.90. The molecular weight excluding hydrogens is 492 g/mol. The molecule has 38 heavy (non-hydrogen) atoms. The van der Waals surface area contributed by atoms with Gasteiger partial charge < -0.3 is 19.7 Å². The van der Waals surface area contributed by atoms with Gasteiger partial charge >= 0.3 is 11.9 Å². The Hall–Kier alpha value is -4.08. The molecule has 0 aromatic heterocycles. The molecule has 0 radical (unpaired) electrons. The number of benzene rings is 1. The van der Waals surface area contributed by atoms with E-state index in [1.807, 2.05) is 0 Å². The maximum atomic E-state index is 12.5. The van der Waals surface area contributed by atoms with Crippen LogP contribution in [0, 0.1) is 0 Å². The molecule has 0 unspecified atom stereocenters. The number of rotatable bonds is 10. The Labute approximate surface area is 220 Å². The van der Waals surface area contributed by atoms with Gasteiger partial charge in [0.2, 0.25) is 0 Å². The highest BCUT2D eigenvalue weighted by atomic mass is 16.5. The largest absolute Gasteiger partial charge is 0.511 e. The summed E-state index contributed by atoms with van der Waals surface area (Å²) in [4.78, 5) is 57.6. The lowest BCUT2D eigenvalue weighted by molar-refractivity contribution is -0.141. The van der Waals surface area contributed by atoms with E-state index in [4.69, 9.17) is 9.47 Å². The molecule has 0 spiro atoms. The lowest BCUT2D eigenvalue weighted by Crippen LogP contribution is -2.20. The first kappa shape index (κ1) is 28.5. The number of aliphatic imine (C=N–C) groups is 2. The number of aliphatic hydroxyl groups excluding tert-OH is 2. The van der Waals surface area contributed by atoms with Gasteiger partial charge in [0.05, 0.1) is 61.0 Å². The van der Waals surface area contributed by atoms with Gasteiger partial charge in [0.25, 0.3) is 0 Å². The number of allylic oxidation sites excluding steroid dienone is 4. The molecule has 0 aliphatic heterocycles. The fraction of sp³-hybridized carbons (Fsp3) is 0.429. The van der Waals surface area contributed by atoms with Crippen LogP contribution in [0.5, 0.6) is 0 Å². The van der Waals surface area contributed by atoms with Crippen molar-refractivity contribution < 1.29 is 38.9 Å². The standard InChI is InChI=1S/C28H32N2O8/c1-37-25(35)15-13-19(27-21(31)5-3-6-22(27)32)29-17-9-11-18(12-10-17)30-20(14-16-26(36)38-2)28-23(33)7-4-8-24(28)34/h9-12,31,33H,3-8,13-16H2,1-2H3. The second-order valence-electron chi connectivity index (χ2n) is 8.98. The molecule has 0 saturated heterocycles. The molecule has 3 rings (SSSR count). The summed E-state index contributed by atoms with van der Waals surface area (Å²) < 4.78 is 9.41. The monoisotopic (exact) mass is 524 g/mol. The van der Waals surface area contributed by atoms with Crippen LogP contribution in [0.2, 0.25) is 0 Å². The number of carbonyl (C=O) groups is 4. The van der Waals surface area contributed by atoms with Crippen LogP contribution in [0.3, 0.4) is 0 Å². The molecule has 0 atom stereocenters. The Kier molecular flexibility index (Phi) is 10.1. The highest BCUT2D eigenvalue weighted by molar-refractivity contribution is 6.24. The van der Waals surface area contributed by atoms with Crippen LogP contribution in [-0.2, 0) is 28.7 Å². The predicted molar refractivity (Wildman–Crippen MR) is 140 cm³/mol. The zero-order valence-corrected chi connectivity index (χ0v) is 21.6. The summed E-state index contributed by atoms with van der Waals surface area (Å²) in [5.41, 5.74) is 1.82. The molecule has 2 N–H and O–H groups in total. The van der Waals surface area contributed by atoms with Crippen molar-refractivity contribution in [2.24, 2.45) is 9.98 Å². The fourth-order valence-corrected chi connectivity index (χ4v) is 4.34. The third-order valence-electron chi connectivity index (χ3n) is 6.31. The van der Waals surface area contributed by atoms with Gasteiger partial charge in [-0.25, -0.2) is 0 Å². The molecule has 2 aliphatic rings. The Bertz CT molecular complexity index is 1130. The minimum Gasteiger partial charge on any atom is -0.511 e. The molecule has 10 heteroatoms. The topological polar surface area (TPSA) is 152 Å². The van der Waals surface area contributed by atoms with Crippen LogP contribution in [0.1, 0.15) is 64.2 Å². The van der Waals surface area contributed by atoms with Crippen molar-refractivity contribution in [3.05, 3.63) is 46.9 Å². The van der Waals surface area contributed by atoms with E-state index in [0.29, 0.717) is 61.3 Å². The van der Waals surface area contributed by atoms with Gasteiger partial charge in [0, 0.05) is 38.5 Å². The summed E-state index contributed by atoms with van der Waals surface area (Å²) in [5, 5.41) is 20.8. The molecule has 0 saturated carbocycles. The SMILES string of the molecule is COC(=O)CCC(=Nc1ccc(N=C(CCC(=O)OC)C2=C(O)CCCC2=O)cc1)C1=C(O)CCCC1=O. The zero-order valence-electron chi connectivity index (χ0n) is 21.6. The molecule has 10 nitrogen and oxygen atoms in total. The molecule has 0 bridgehead atoms. The summed E-state index contributed by atoms with van der Waals surface area (Å²) >= 11 is 0. The molecule has 2 aliphatic carbocycles. The quantitative estimate of drug-likeness (QED) is 0.325. The fourth-order valence-electron chi connectivity index (χ4n) is 4.34. The summed E-state index contributed by atoms with van der Waals surface area (Å²) in [6.07, 6.45) is 2.64. The maximum Gasteiger partial charge on any atom is 0.305 e. The van der Waals surface area contributed by atoms with Crippen molar-refractivity contribution in [1.29, 1.82) is 0 Å². The van der Waals surface area contributed by atoms with E-state index in [-0.39, 0.29) is 59.9 Å². The highest BCUT2D eigenvalue weighted by Gasteiger charge is 2.26. The van der Waals surface area contributed by atoms with Gasteiger partial charge in [-0.1, -0.05) is 0 Å². The lowest BCUT2D eigenvalue weighted by atomic mass is 9.91. The Morgan fingerprint density at radius 1 is 0.684 bits per heavy atom. The summed E-state index contributed by atoms with van der Waals surface area (Å²) in [6, 6.07) is 6.60. The first-order chi connectivity index (χ1) is 18.2. The predicted octanol–water partition coefficient (Wildman–Crippen LogP) is 4.87. The second kappa shape index (κ2) is 13.5. The van der Waals surface area contributed by atoms with Gasteiger partial charge in [-0.15, -0.1) is 0 Å². The number of methoxy groups -OCH3 is 2. The van der Waals surface area contributed by atoms with Gasteiger partial charge in [-0.2, -0.15) is 0 Å². The van der Waals surface area contributed by atoms with E-state index in [1.54, 1.807) is 24.3 Å². The van der Waals surface area contributed by atoms with Crippen molar-refractivity contribution in [3.8, 4) is 0 Å². The summed E-state index contributed by atoms with van der Waals surface area (Å²) in [7, 11) is 2.55. The van der Waals surface area contributed by atoms with Crippen LogP contribution in [0.15, 0.2) is 56.9 Å². The van der Waals surface area contributed by atoms with Crippen LogP contribution in [0.25, 0.3) is 0 Å². The Balaban J connectivity index is 1.94. The van der Waals surface area contributed by atoms with Crippen LogP contribution >= 0.6 is 0 Å². The van der Waals surface area contributed by atoms with Gasteiger partial charge in [0.15, 0.2) is 11.6 Å². The normalized spacial score (nSPS) is 17.1. The Morgan fingerprint density at radius 3 is 1.37 bits per heavy atom. The number of nitrogens with zero attached hydrogens (tertiary/aromatic N) is 2. The van der Waals surface area contributed by atoms with E-state index in [9.17, 15) is 29.4 Å². The number of Topliss-reactive ketones (excluding diaryl/α,β-unsaturated/α-hetero) is 2. The number of ether oxygens (including phenoxy) is 2. The van der Waals surface area contributed by atoms with Gasteiger partial charge in [0.1, 0.15) is 11.5 Å². The second-order valence-corrected chi connectivity index (χ2v) is 8.98. The number of aliphatic hydroxyl groups is 2. The molecular formula is C28H32N2O8. The number of esters is 2. The molecule has 1 aromatic rings. The first-order valence-corrected chi connectivity index (χ1v) is 12.5. The smallest absolute Gasteiger partial charge is 0.305 e. The minimum absolute atomic E-state index is 0.00203. The number of hydrogen-bond donors (Lipinski definition) is 2. The van der Waals surface area contributed by atoms with Crippen LogP contribution < -0.4 is 0 Å². The molecule has 0 fully saturated rings. The van der Waals surface area contributed by atoms with Crippen LogP contribution in [-0.4, -0.2) is 59.4 Å². The van der Waals surface area contributed by atoms with E-state index >= 15 is 0 Å². The third-order valence-corrected chi connectivity index (χ3v) is 6.31. The zero-order chi connectivity index (χ0) is 27.7. The van der Waals surface area contributed by atoms with Crippen molar-refractivity contribution >= 4 is 46.3 Å². The number of carbonyl (C=O) groups excluding carboxylic acids is 4. The van der Waals surface area contributed by atoms with Crippen LogP contribution in [0.4, 0.5) is 11.4 Å². The lowest BCUT2D eigenvalue weighted by Gasteiger charge is -2.17. The molecule has 1 aromatic carbocycles. The van der Waals surface area contributed by atoms with Crippen molar-refractivity contribution in [1.82, 2.24) is 0 Å². The summed E-state index contributed by atoms with van der Waals surface area (Å²) in [6.45, 7) is 0. The third kappa shape index (κ3) is 7.47. The average molecular weight is 525 g/mol. The molecule has 0 amide bonds. The van der Waals surface area contributed by atoms with Crippen molar-refractivity contribution in [3.63, 3.8) is 0 Å². The first-order valence-electron chi connectivity index (χ1n) is 12.5. The summed E-state index contributed by atoms with van der Waals surface area (Å²) in [5.74, 6) is -1.43. The van der Waals surface area contributed by atoms with E-state index in [2.05, 4.69) is 9.98 Å². The van der Waals surface area contributed by atoms with Gasteiger partial charge in [-0.3, -0.25) is 29.2 Å². The van der Waals surface area contributed by atoms with E-state index in [1.165, 1.54) is 14.2 Å². The van der Waals surface area contributed by atoms with E-state index in [0.717, 1.165) is 0 Å². The van der Waals surface area contributed by atoms with Crippen molar-refractivity contribution in [2.75, 3.05) is 14.2 Å². The molecule has 202 valence electrons. The van der Waals surface area contributed by atoms with E-state index < -0.39 is 11.9 Å². The van der Waals surface area contributed by atoms with Crippen molar-refractivity contribution in [2.45, 2.75) is 64.2 Å². The maximum absolute atomic E-state index is 12.5.